The minimum Gasteiger partial charge on any atom is -0.493 e. The highest BCUT2D eigenvalue weighted by Gasteiger charge is 2.41. The van der Waals surface area contributed by atoms with Crippen LogP contribution in [-0.4, -0.2) is 32.5 Å². The van der Waals surface area contributed by atoms with Gasteiger partial charge in [-0.25, -0.2) is 0 Å². The molecule has 0 radical (unpaired) electrons. The second kappa shape index (κ2) is 6.07. The van der Waals surface area contributed by atoms with Crippen molar-refractivity contribution in [3.05, 3.63) is 46.5 Å². The molecule has 0 saturated carbocycles. The SMILES string of the molecule is COc1ccc2c(c1OC)[C@@H](C#N)N1CCc3cc4c(cc3[C@@H]1C2)OCO4. The van der Waals surface area contributed by atoms with Crippen LogP contribution in [0, 0.1) is 11.3 Å². The average molecular weight is 364 g/mol. The van der Waals surface area contributed by atoms with Gasteiger partial charge in [0.25, 0.3) is 0 Å². The Bertz CT molecular complexity index is 966. The van der Waals surface area contributed by atoms with E-state index in [4.69, 9.17) is 18.9 Å². The standard InChI is InChI=1S/C21H20N2O4/c1-24-17-4-3-13-7-15-14-9-19-18(26-11-27-19)8-12(14)5-6-23(15)16(10-22)20(13)21(17)25-2/h3-4,8-9,15-16H,5-7,11H2,1-2H3/t15-,16+/m0/s1. The lowest BCUT2D eigenvalue weighted by atomic mass is 9.80. The van der Waals surface area contributed by atoms with E-state index in [0.717, 1.165) is 42.0 Å². The number of nitrogens with zero attached hydrogens (tertiary/aromatic N) is 2. The molecule has 0 amide bonds. The Morgan fingerprint density at radius 1 is 1.11 bits per heavy atom. The zero-order chi connectivity index (χ0) is 18.5. The Balaban J connectivity index is 1.65. The molecule has 6 heteroatoms. The van der Waals surface area contributed by atoms with Gasteiger partial charge in [0.15, 0.2) is 23.0 Å². The molecule has 3 aliphatic rings. The summed E-state index contributed by atoms with van der Waals surface area (Å²) in [6.45, 7) is 1.09. The van der Waals surface area contributed by atoms with Crippen molar-refractivity contribution >= 4 is 0 Å². The first-order valence-electron chi connectivity index (χ1n) is 9.06. The molecule has 5 rings (SSSR count). The normalized spacial score (nSPS) is 22.3. The Kier molecular flexibility index (Phi) is 3.66. The molecule has 0 unspecified atom stereocenters. The maximum absolute atomic E-state index is 10.0. The van der Waals surface area contributed by atoms with E-state index in [0.29, 0.717) is 11.5 Å². The van der Waals surface area contributed by atoms with Gasteiger partial charge in [-0.3, -0.25) is 4.90 Å². The van der Waals surface area contributed by atoms with Gasteiger partial charge >= 0.3 is 0 Å². The molecule has 138 valence electrons. The summed E-state index contributed by atoms with van der Waals surface area (Å²) in [5, 5.41) is 10.0. The summed E-state index contributed by atoms with van der Waals surface area (Å²) in [6, 6.07) is 10.4. The van der Waals surface area contributed by atoms with Crippen LogP contribution in [0.2, 0.25) is 0 Å². The van der Waals surface area contributed by atoms with Crippen molar-refractivity contribution in [2.75, 3.05) is 27.6 Å². The number of hydrogen-bond donors (Lipinski definition) is 0. The smallest absolute Gasteiger partial charge is 0.231 e. The third-order valence-corrected chi connectivity index (χ3v) is 5.85. The van der Waals surface area contributed by atoms with Crippen molar-refractivity contribution in [2.24, 2.45) is 0 Å². The van der Waals surface area contributed by atoms with Gasteiger partial charge in [-0.2, -0.15) is 5.26 Å². The third-order valence-electron chi connectivity index (χ3n) is 5.85. The van der Waals surface area contributed by atoms with Crippen LogP contribution in [0.15, 0.2) is 24.3 Å². The fourth-order valence-corrected chi connectivity index (χ4v) is 4.63. The predicted octanol–water partition coefficient (Wildman–Crippen LogP) is 3.15. The lowest BCUT2D eigenvalue weighted by Crippen LogP contribution is -2.42. The molecule has 3 aliphatic heterocycles. The number of benzene rings is 2. The van der Waals surface area contributed by atoms with E-state index in [-0.39, 0.29) is 18.9 Å². The van der Waals surface area contributed by atoms with Gasteiger partial charge in [-0.15, -0.1) is 0 Å². The predicted molar refractivity (Wildman–Crippen MR) is 97.3 cm³/mol. The first kappa shape index (κ1) is 16.3. The number of methoxy groups -OCH3 is 2. The molecule has 2 aromatic rings. The molecule has 2 aromatic carbocycles. The number of ether oxygens (including phenoxy) is 4. The second-order valence-electron chi connectivity index (χ2n) is 7.02. The van der Waals surface area contributed by atoms with Crippen LogP contribution in [0.25, 0.3) is 0 Å². The second-order valence-corrected chi connectivity index (χ2v) is 7.02. The molecule has 0 fully saturated rings. The van der Waals surface area contributed by atoms with Crippen LogP contribution >= 0.6 is 0 Å². The number of fused-ring (bicyclic) bond motifs is 5. The summed E-state index contributed by atoms with van der Waals surface area (Å²) in [5.74, 6) is 2.94. The van der Waals surface area contributed by atoms with E-state index in [1.165, 1.54) is 11.1 Å². The molecule has 27 heavy (non-hydrogen) atoms. The number of rotatable bonds is 2. The molecule has 6 nitrogen and oxygen atoms in total. The molecule has 0 aromatic heterocycles. The van der Waals surface area contributed by atoms with E-state index < -0.39 is 0 Å². The quantitative estimate of drug-likeness (QED) is 0.816. The van der Waals surface area contributed by atoms with Crippen LogP contribution in [-0.2, 0) is 12.8 Å². The van der Waals surface area contributed by atoms with Gasteiger partial charge < -0.3 is 18.9 Å². The summed E-state index contributed by atoms with van der Waals surface area (Å²) in [7, 11) is 3.25. The van der Waals surface area contributed by atoms with E-state index in [2.05, 4.69) is 29.2 Å². The van der Waals surface area contributed by atoms with Crippen LogP contribution in [0.1, 0.15) is 34.3 Å². The highest BCUT2D eigenvalue weighted by molar-refractivity contribution is 5.57. The zero-order valence-corrected chi connectivity index (χ0v) is 15.3. The summed E-state index contributed by atoms with van der Waals surface area (Å²) >= 11 is 0. The Morgan fingerprint density at radius 2 is 1.93 bits per heavy atom. The van der Waals surface area contributed by atoms with Crippen LogP contribution in [0.5, 0.6) is 23.0 Å². The molecule has 3 heterocycles. The number of nitriles is 1. The minimum absolute atomic E-state index is 0.138. The van der Waals surface area contributed by atoms with E-state index in [1.807, 2.05) is 6.07 Å². The Morgan fingerprint density at radius 3 is 2.67 bits per heavy atom. The molecule has 0 aliphatic carbocycles. The molecule has 0 saturated heterocycles. The van der Waals surface area contributed by atoms with Gasteiger partial charge in [0.05, 0.1) is 20.3 Å². The van der Waals surface area contributed by atoms with Crippen LogP contribution in [0.3, 0.4) is 0 Å². The summed E-state index contributed by atoms with van der Waals surface area (Å²) in [6.07, 6.45) is 1.70. The monoisotopic (exact) mass is 364 g/mol. The van der Waals surface area contributed by atoms with Gasteiger partial charge in [0.2, 0.25) is 6.79 Å². The van der Waals surface area contributed by atoms with Crippen LogP contribution < -0.4 is 18.9 Å². The molecule has 0 bridgehead atoms. The lowest BCUT2D eigenvalue weighted by molar-refractivity contribution is 0.134. The summed E-state index contributed by atoms with van der Waals surface area (Å²) in [5.41, 5.74) is 4.57. The first-order chi connectivity index (χ1) is 13.2. The van der Waals surface area contributed by atoms with Crippen molar-refractivity contribution in [2.45, 2.75) is 24.9 Å². The topological polar surface area (TPSA) is 64.0 Å². The Labute approximate surface area is 157 Å². The average Bonchev–Trinajstić information content (AvgIpc) is 3.16. The maximum atomic E-state index is 10.0. The fourth-order valence-electron chi connectivity index (χ4n) is 4.63. The van der Waals surface area contributed by atoms with Crippen LogP contribution in [0.4, 0.5) is 0 Å². The summed E-state index contributed by atoms with van der Waals surface area (Å²) < 4.78 is 22.2. The highest BCUT2D eigenvalue weighted by Crippen LogP contribution is 2.50. The molecular formula is C21H20N2O4. The largest absolute Gasteiger partial charge is 0.493 e. The van der Waals surface area contributed by atoms with Gasteiger partial charge in [0.1, 0.15) is 6.04 Å². The maximum Gasteiger partial charge on any atom is 0.231 e. The van der Waals surface area contributed by atoms with Gasteiger partial charge in [-0.1, -0.05) is 6.07 Å². The van der Waals surface area contributed by atoms with E-state index >= 15 is 0 Å². The van der Waals surface area contributed by atoms with Crippen molar-refractivity contribution < 1.29 is 18.9 Å². The fraction of sp³-hybridized carbons (Fsp3) is 0.381. The van der Waals surface area contributed by atoms with Gasteiger partial charge in [-0.05, 0) is 47.7 Å². The van der Waals surface area contributed by atoms with Crippen molar-refractivity contribution in [3.8, 4) is 29.1 Å². The van der Waals surface area contributed by atoms with Crippen molar-refractivity contribution in [1.29, 1.82) is 5.26 Å². The Hall–Kier alpha value is -2.91. The third kappa shape index (κ3) is 2.28. The van der Waals surface area contributed by atoms with Gasteiger partial charge in [0, 0.05) is 18.2 Å². The highest BCUT2D eigenvalue weighted by atomic mass is 16.7. The first-order valence-corrected chi connectivity index (χ1v) is 9.06. The summed E-state index contributed by atoms with van der Waals surface area (Å²) in [4.78, 5) is 2.27. The number of hydrogen-bond acceptors (Lipinski definition) is 6. The zero-order valence-electron chi connectivity index (χ0n) is 15.3. The minimum atomic E-state index is -0.373. The van der Waals surface area contributed by atoms with Crippen molar-refractivity contribution in [1.82, 2.24) is 4.90 Å². The molecule has 0 spiro atoms. The van der Waals surface area contributed by atoms with E-state index in [9.17, 15) is 5.26 Å². The molecular weight excluding hydrogens is 344 g/mol. The molecule has 0 N–H and O–H groups in total. The molecule has 2 atom stereocenters. The lowest BCUT2D eigenvalue weighted by Gasteiger charge is -2.44. The van der Waals surface area contributed by atoms with E-state index in [1.54, 1.807) is 14.2 Å². The van der Waals surface area contributed by atoms with Crippen molar-refractivity contribution in [3.63, 3.8) is 0 Å².